The normalized spacial score (nSPS) is 17.9. The number of carbonyl (C=O) groups excluding carboxylic acids is 2. The van der Waals surface area contributed by atoms with Crippen molar-refractivity contribution in [3.63, 3.8) is 0 Å². The van der Waals surface area contributed by atoms with Crippen molar-refractivity contribution in [2.75, 3.05) is 26.2 Å². The topological polar surface area (TPSA) is 81.7 Å². The molecule has 6 heteroatoms. The van der Waals surface area contributed by atoms with E-state index in [1.807, 2.05) is 35.2 Å². The van der Waals surface area contributed by atoms with Gasteiger partial charge in [-0.25, -0.2) is 4.79 Å². The van der Waals surface area contributed by atoms with Gasteiger partial charge in [0.1, 0.15) is 0 Å². The molecule has 1 aliphatic heterocycles. The maximum absolute atomic E-state index is 12.0. The van der Waals surface area contributed by atoms with Crippen LogP contribution in [0.3, 0.4) is 0 Å². The molecule has 1 fully saturated rings. The lowest BCUT2D eigenvalue weighted by Gasteiger charge is -2.17. The van der Waals surface area contributed by atoms with Crippen LogP contribution >= 0.6 is 0 Å². The molecule has 6 nitrogen and oxygen atoms in total. The Hall–Kier alpha value is -2.08. The Morgan fingerprint density at radius 3 is 2.76 bits per heavy atom. The van der Waals surface area contributed by atoms with E-state index in [-0.39, 0.29) is 31.0 Å². The molecule has 2 rings (SSSR count). The van der Waals surface area contributed by atoms with E-state index in [4.69, 9.17) is 5.11 Å². The van der Waals surface area contributed by atoms with Gasteiger partial charge in [-0.1, -0.05) is 30.3 Å². The summed E-state index contributed by atoms with van der Waals surface area (Å²) in [5.74, 6) is 0.266. The molecule has 1 heterocycles. The highest BCUT2D eigenvalue weighted by atomic mass is 16.3. The van der Waals surface area contributed by atoms with E-state index in [1.165, 1.54) is 0 Å². The summed E-state index contributed by atoms with van der Waals surface area (Å²) in [6.07, 6.45) is 0.465. The van der Waals surface area contributed by atoms with Crippen LogP contribution in [0, 0.1) is 5.92 Å². The second kappa shape index (κ2) is 7.64. The number of amides is 3. The summed E-state index contributed by atoms with van der Waals surface area (Å²) in [7, 11) is 0. The van der Waals surface area contributed by atoms with Crippen molar-refractivity contribution >= 4 is 11.9 Å². The Morgan fingerprint density at radius 1 is 1.29 bits per heavy atom. The van der Waals surface area contributed by atoms with Crippen molar-refractivity contribution in [1.29, 1.82) is 0 Å². The highest BCUT2D eigenvalue weighted by Crippen LogP contribution is 2.19. The average Bonchev–Trinajstić information content (AvgIpc) is 2.84. The fraction of sp³-hybridized carbons (Fsp3) is 0.467. The number of hydrogen-bond donors (Lipinski definition) is 3. The third-order valence-corrected chi connectivity index (χ3v) is 3.46. The van der Waals surface area contributed by atoms with Crippen molar-refractivity contribution < 1.29 is 14.7 Å². The largest absolute Gasteiger partial charge is 0.395 e. The summed E-state index contributed by atoms with van der Waals surface area (Å²) in [5.41, 5.74) is 1.11. The van der Waals surface area contributed by atoms with Crippen LogP contribution < -0.4 is 10.6 Å². The molecule has 1 unspecified atom stereocenters. The summed E-state index contributed by atoms with van der Waals surface area (Å²) < 4.78 is 0. The summed E-state index contributed by atoms with van der Waals surface area (Å²) in [5, 5.41) is 13.9. The molecule has 0 saturated carbocycles. The molecule has 0 aromatic heterocycles. The van der Waals surface area contributed by atoms with E-state index in [1.54, 1.807) is 0 Å². The van der Waals surface area contributed by atoms with Crippen molar-refractivity contribution in [3.8, 4) is 0 Å². The number of urea groups is 1. The van der Waals surface area contributed by atoms with Gasteiger partial charge in [0.05, 0.1) is 6.61 Å². The zero-order valence-corrected chi connectivity index (χ0v) is 11.9. The number of nitrogens with one attached hydrogen (secondary N) is 2. The Labute approximate surface area is 124 Å². The van der Waals surface area contributed by atoms with E-state index in [9.17, 15) is 9.59 Å². The van der Waals surface area contributed by atoms with E-state index in [0.717, 1.165) is 5.56 Å². The maximum atomic E-state index is 12.0. The van der Waals surface area contributed by atoms with Crippen LogP contribution in [0.25, 0.3) is 0 Å². The molecule has 0 radical (unpaired) electrons. The van der Waals surface area contributed by atoms with Crippen LogP contribution in [0.4, 0.5) is 4.79 Å². The molecule has 1 atom stereocenters. The molecule has 3 N–H and O–H groups in total. The molecule has 1 saturated heterocycles. The Kier molecular flexibility index (Phi) is 5.57. The first-order valence-electron chi connectivity index (χ1n) is 7.13. The number of rotatable bonds is 6. The van der Waals surface area contributed by atoms with Crippen molar-refractivity contribution in [2.45, 2.75) is 13.0 Å². The van der Waals surface area contributed by atoms with E-state index in [2.05, 4.69) is 10.6 Å². The molecule has 114 valence electrons. The number of aliphatic hydroxyl groups excluding tert-OH is 1. The van der Waals surface area contributed by atoms with Gasteiger partial charge in [0.25, 0.3) is 0 Å². The highest BCUT2D eigenvalue weighted by molar-refractivity contribution is 5.79. The van der Waals surface area contributed by atoms with Gasteiger partial charge in [-0.2, -0.15) is 0 Å². The number of hydrogen-bond acceptors (Lipinski definition) is 3. The zero-order valence-electron chi connectivity index (χ0n) is 11.9. The highest BCUT2D eigenvalue weighted by Gasteiger charge is 2.29. The third kappa shape index (κ3) is 4.75. The molecular formula is C15H21N3O3. The number of nitrogens with zero attached hydrogens (tertiary/aromatic N) is 1. The van der Waals surface area contributed by atoms with Gasteiger partial charge in [0.2, 0.25) is 5.91 Å². The van der Waals surface area contributed by atoms with Crippen LogP contribution in [0.5, 0.6) is 0 Å². The molecule has 3 amide bonds. The predicted molar refractivity (Wildman–Crippen MR) is 78.5 cm³/mol. The molecule has 21 heavy (non-hydrogen) atoms. The first kappa shape index (κ1) is 15.3. The molecule has 0 spiro atoms. The fourth-order valence-electron chi connectivity index (χ4n) is 2.42. The first-order valence-corrected chi connectivity index (χ1v) is 7.13. The lowest BCUT2D eigenvalue weighted by molar-refractivity contribution is -0.128. The quantitative estimate of drug-likeness (QED) is 0.706. The second-order valence-corrected chi connectivity index (χ2v) is 5.19. The third-order valence-electron chi connectivity index (χ3n) is 3.46. The number of likely N-dealkylation sites (tertiary alicyclic amines) is 1. The van der Waals surface area contributed by atoms with Gasteiger partial charge in [-0.3, -0.25) is 4.79 Å². The van der Waals surface area contributed by atoms with Crippen LogP contribution in [-0.4, -0.2) is 48.2 Å². The van der Waals surface area contributed by atoms with Gasteiger partial charge in [-0.05, 0) is 5.56 Å². The first-order chi connectivity index (χ1) is 10.2. The van der Waals surface area contributed by atoms with E-state index < -0.39 is 0 Å². The van der Waals surface area contributed by atoms with Crippen LogP contribution in [0.2, 0.25) is 0 Å². The van der Waals surface area contributed by atoms with Gasteiger partial charge < -0.3 is 20.6 Å². The Bertz CT molecular complexity index is 478. The van der Waals surface area contributed by atoms with Gasteiger partial charge in [0, 0.05) is 38.5 Å². The summed E-state index contributed by atoms with van der Waals surface area (Å²) in [6.45, 7) is 1.89. The van der Waals surface area contributed by atoms with Gasteiger partial charge in [0.15, 0.2) is 0 Å². The molecule has 1 aliphatic rings. The van der Waals surface area contributed by atoms with Crippen LogP contribution in [-0.2, 0) is 11.3 Å². The Morgan fingerprint density at radius 2 is 2.05 bits per heavy atom. The molecule has 1 aromatic carbocycles. The smallest absolute Gasteiger partial charge is 0.314 e. The summed E-state index contributed by atoms with van der Waals surface area (Å²) in [4.78, 5) is 25.2. The average molecular weight is 291 g/mol. The molecule has 1 aromatic rings. The summed E-state index contributed by atoms with van der Waals surface area (Å²) >= 11 is 0. The van der Waals surface area contributed by atoms with E-state index >= 15 is 0 Å². The monoisotopic (exact) mass is 291 g/mol. The predicted octanol–water partition coefficient (Wildman–Crippen LogP) is 0.327. The zero-order chi connectivity index (χ0) is 15.1. The number of benzene rings is 1. The van der Waals surface area contributed by atoms with Gasteiger partial charge >= 0.3 is 6.03 Å². The maximum Gasteiger partial charge on any atom is 0.314 e. The van der Waals surface area contributed by atoms with Crippen LogP contribution in [0.1, 0.15) is 12.0 Å². The molecule has 0 bridgehead atoms. The molecule has 0 aliphatic carbocycles. The standard InChI is InChI=1S/C15H21N3O3/c19-7-6-16-15(21)17-9-13-8-14(20)18(11-13)10-12-4-2-1-3-5-12/h1-5,13,19H,6-11H2,(H2,16,17,21). The lowest BCUT2D eigenvalue weighted by atomic mass is 10.1. The van der Waals surface area contributed by atoms with Crippen molar-refractivity contribution in [2.24, 2.45) is 5.92 Å². The second-order valence-electron chi connectivity index (χ2n) is 5.19. The minimum Gasteiger partial charge on any atom is -0.395 e. The molecular weight excluding hydrogens is 270 g/mol. The minimum absolute atomic E-state index is 0.0831. The van der Waals surface area contributed by atoms with Gasteiger partial charge in [-0.15, -0.1) is 0 Å². The number of carbonyl (C=O) groups is 2. The minimum atomic E-state index is -0.307. The Balaban J connectivity index is 1.76. The SMILES string of the molecule is O=C(NCCO)NCC1CC(=O)N(Cc2ccccc2)C1. The van der Waals surface area contributed by atoms with Crippen molar-refractivity contribution in [3.05, 3.63) is 35.9 Å². The van der Waals surface area contributed by atoms with Crippen LogP contribution in [0.15, 0.2) is 30.3 Å². The van der Waals surface area contributed by atoms with Crippen molar-refractivity contribution in [1.82, 2.24) is 15.5 Å². The lowest BCUT2D eigenvalue weighted by Crippen LogP contribution is -2.39. The van der Waals surface area contributed by atoms with E-state index in [0.29, 0.717) is 26.1 Å². The fourth-order valence-corrected chi connectivity index (χ4v) is 2.42. The number of aliphatic hydroxyl groups is 1. The summed E-state index contributed by atoms with van der Waals surface area (Å²) in [6, 6.07) is 9.56.